The molecule has 13 nitrogen and oxygen atoms in total. The van der Waals surface area contributed by atoms with Gasteiger partial charge in [0.15, 0.2) is 0 Å². The van der Waals surface area contributed by atoms with Crippen LogP contribution in [-0.4, -0.2) is 53.0 Å². The number of hydrogen-bond donors (Lipinski definition) is 2. The number of nitro groups is 2. The molecule has 43 heavy (non-hydrogen) atoms. The van der Waals surface area contributed by atoms with Gasteiger partial charge in [-0.1, -0.05) is 18.2 Å². The monoisotopic (exact) mass is 605 g/mol. The zero-order valence-electron chi connectivity index (χ0n) is 21.8. The highest BCUT2D eigenvalue weighted by atomic mass is 19.1. The topological polar surface area (TPSA) is 177 Å². The summed E-state index contributed by atoms with van der Waals surface area (Å²) >= 11 is 0. The fourth-order valence-electron chi connectivity index (χ4n) is 4.19. The number of aryl methyl sites for hydroxylation is 2. The van der Waals surface area contributed by atoms with E-state index in [4.69, 9.17) is 5.73 Å². The van der Waals surface area contributed by atoms with Crippen LogP contribution < -0.4 is 5.73 Å². The molecule has 0 amide bonds. The van der Waals surface area contributed by atoms with Gasteiger partial charge in [-0.15, -0.1) is 10.2 Å². The van der Waals surface area contributed by atoms with Gasteiger partial charge in [0.25, 0.3) is 11.4 Å². The molecule has 0 spiro atoms. The summed E-state index contributed by atoms with van der Waals surface area (Å²) in [4.78, 5) is 19.8. The Labute approximate surface area is 236 Å². The number of alkyl halides is 2. The molecule has 18 heteroatoms. The second-order valence-corrected chi connectivity index (χ2v) is 8.54. The molecule has 0 saturated heterocycles. The zero-order valence-corrected chi connectivity index (χ0v) is 21.8. The fourth-order valence-corrected chi connectivity index (χ4v) is 4.19. The number of benzene rings is 3. The maximum absolute atomic E-state index is 13.4. The number of non-ortho nitro benzene ring substituents is 2. The first-order valence-electron chi connectivity index (χ1n) is 12.2. The minimum Gasteiger partial charge on any atom is -0.398 e. The molecule has 224 valence electrons. The van der Waals surface area contributed by atoms with Crippen molar-refractivity contribution in [2.24, 2.45) is 0 Å². The van der Waals surface area contributed by atoms with Gasteiger partial charge >= 0.3 is 0 Å². The minimum absolute atomic E-state index is 0.0455. The fraction of sp³-hybridized carbons (Fsp3) is 0.160. The Morgan fingerprint density at radius 3 is 1.79 bits per heavy atom. The van der Waals surface area contributed by atoms with Gasteiger partial charge in [0.2, 0.25) is 17.8 Å². The van der Waals surface area contributed by atoms with Gasteiger partial charge in [-0.3, -0.25) is 34.7 Å². The first-order chi connectivity index (χ1) is 20.6. The number of halogens is 5. The van der Waals surface area contributed by atoms with Crippen LogP contribution in [0.1, 0.15) is 0 Å². The van der Waals surface area contributed by atoms with E-state index in [1.165, 1.54) is 41.1 Å². The van der Waals surface area contributed by atoms with Crippen molar-refractivity contribution in [1.82, 2.24) is 29.8 Å². The van der Waals surface area contributed by atoms with Crippen molar-refractivity contribution >= 4 is 49.8 Å². The van der Waals surface area contributed by atoms with Crippen LogP contribution in [0.2, 0.25) is 0 Å². The second-order valence-electron chi connectivity index (χ2n) is 8.54. The molecule has 0 saturated carbocycles. The number of nitrogen functional groups attached to an aromatic ring is 1. The number of aromatic nitrogens is 6. The molecule has 0 bridgehead atoms. The van der Waals surface area contributed by atoms with Crippen molar-refractivity contribution in [1.29, 1.82) is 0 Å². The highest BCUT2D eigenvalue weighted by molar-refractivity contribution is 5.91. The molecule has 0 aliphatic carbocycles. The lowest BCUT2D eigenvalue weighted by Gasteiger charge is -1.99. The molecule has 0 atom stereocenters. The highest BCUT2D eigenvalue weighted by Gasteiger charge is 2.21. The van der Waals surface area contributed by atoms with E-state index in [2.05, 4.69) is 20.4 Å². The third-order valence-electron chi connectivity index (χ3n) is 5.98. The Morgan fingerprint density at radius 1 is 0.744 bits per heavy atom. The van der Waals surface area contributed by atoms with Crippen LogP contribution >= 0.6 is 0 Å². The van der Waals surface area contributed by atoms with E-state index < -0.39 is 41.0 Å². The smallest absolute Gasteiger partial charge is 0.283 e. The maximum Gasteiger partial charge on any atom is 0.283 e. The average molecular weight is 605 g/mol. The largest absolute Gasteiger partial charge is 0.398 e. The van der Waals surface area contributed by atoms with Crippen molar-refractivity contribution in [2.75, 3.05) is 19.1 Å². The number of nitrogens with zero attached hydrogens (tertiary/aromatic N) is 7. The molecular formula is C25H20F5N9O4. The summed E-state index contributed by atoms with van der Waals surface area (Å²) in [7, 11) is 0. The lowest BCUT2D eigenvalue weighted by Crippen LogP contribution is -2.01. The normalized spacial score (nSPS) is 10.8. The molecule has 0 aliphatic heterocycles. The summed E-state index contributed by atoms with van der Waals surface area (Å²) in [6, 6.07) is 13.2. The standard InChI is InChI=1S/C9H7F2N3O2.C9H9F2N3.C7H4FN3O2/c10-4-5-13-6-2-1-3-7(14(15)16)8(6)9(11)12-13;10-4-5-14-7-3-1-2-6(12)8(7)9(11)13-14;8-7-6-4(9-10-7)2-1-3-5(6)11(12)13/h1-3H,4-5H2;1-3H,4-5,12H2;1-3H,(H,9,10). The summed E-state index contributed by atoms with van der Waals surface area (Å²) in [6.07, 6.45) is 0. The molecule has 6 rings (SSSR count). The van der Waals surface area contributed by atoms with Crippen LogP contribution in [0, 0.1) is 38.1 Å². The molecule has 3 N–H and O–H groups in total. The van der Waals surface area contributed by atoms with Gasteiger partial charge in [-0.2, -0.15) is 18.3 Å². The van der Waals surface area contributed by atoms with E-state index in [0.29, 0.717) is 11.2 Å². The second kappa shape index (κ2) is 12.9. The van der Waals surface area contributed by atoms with Gasteiger partial charge in [0, 0.05) is 17.8 Å². The predicted octanol–water partition coefficient (Wildman–Crippen LogP) is 5.39. The summed E-state index contributed by atoms with van der Waals surface area (Å²) in [6.45, 7) is -1.37. The Balaban J connectivity index is 0.000000148. The highest BCUT2D eigenvalue weighted by Crippen LogP contribution is 2.28. The third kappa shape index (κ3) is 6.16. The van der Waals surface area contributed by atoms with Crippen LogP contribution in [0.4, 0.5) is 39.0 Å². The van der Waals surface area contributed by atoms with E-state index in [0.717, 1.165) is 4.68 Å². The number of nitrogens with two attached hydrogens (primary N) is 1. The van der Waals surface area contributed by atoms with Crippen LogP contribution in [-0.2, 0) is 13.1 Å². The van der Waals surface area contributed by atoms with Crippen LogP contribution in [0.25, 0.3) is 32.7 Å². The summed E-state index contributed by atoms with van der Waals surface area (Å²) < 4.78 is 66.2. The van der Waals surface area contributed by atoms with Gasteiger partial charge in [-0.05, 0) is 24.3 Å². The van der Waals surface area contributed by atoms with Gasteiger partial charge in [-0.25, -0.2) is 8.78 Å². The summed E-state index contributed by atoms with van der Waals surface area (Å²) in [5, 5.41) is 33.7. The Bertz CT molecular complexity index is 1940. The lowest BCUT2D eigenvalue weighted by atomic mass is 10.2. The molecule has 6 aromatic rings. The Morgan fingerprint density at radius 2 is 1.23 bits per heavy atom. The number of H-pyrrole nitrogens is 1. The van der Waals surface area contributed by atoms with Gasteiger partial charge in [0.1, 0.15) is 29.6 Å². The van der Waals surface area contributed by atoms with E-state index in [1.807, 2.05) is 0 Å². The third-order valence-corrected chi connectivity index (χ3v) is 5.98. The lowest BCUT2D eigenvalue weighted by molar-refractivity contribution is -0.383. The molecule has 3 heterocycles. The first kappa shape index (κ1) is 30.3. The number of hydrogen-bond acceptors (Lipinski definition) is 8. The number of aromatic amines is 1. The number of nitrogens with one attached hydrogen (secondary N) is 1. The predicted molar refractivity (Wildman–Crippen MR) is 145 cm³/mol. The van der Waals surface area contributed by atoms with Crippen LogP contribution in [0.3, 0.4) is 0 Å². The number of anilines is 1. The number of fused-ring (bicyclic) bond motifs is 3. The van der Waals surface area contributed by atoms with E-state index in [1.54, 1.807) is 18.2 Å². The van der Waals surface area contributed by atoms with Crippen LogP contribution in [0.15, 0.2) is 54.6 Å². The summed E-state index contributed by atoms with van der Waals surface area (Å²) in [5.74, 6) is -2.37. The van der Waals surface area contributed by atoms with Crippen molar-refractivity contribution in [3.05, 3.63) is 92.7 Å². The Hall–Kier alpha value is -5.68. The molecule has 3 aromatic heterocycles. The van der Waals surface area contributed by atoms with E-state index in [9.17, 15) is 42.2 Å². The molecule has 0 radical (unpaired) electrons. The van der Waals surface area contributed by atoms with Crippen molar-refractivity contribution in [3.63, 3.8) is 0 Å². The zero-order chi connectivity index (χ0) is 31.3. The quantitative estimate of drug-likeness (QED) is 0.110. The average Bonchev–Trinajstić information content (AvgIpc) is 3.63. The molecular weight excluding hydrogens is 585 g/mol. The van der Waals surface area contributed by atoms with Crippen molar-refractivity contribution in [2.45, 2.75) is 13.1 Å². The van der Waals surface area contributed by atoms with Crippen molar-refractivity contribution < 1.29 is 31.8 Å². The number of nitro benzene ring substituents is 2. The van der Waals surface area contributed by atoms with E-state index >= 15 is 0 Å². The first-order valence-corrected chi connectivity index (χ1v) is 12.2. The molecule has 0 unspecified atom stereocenters. The maximum atomic E-state index is 13.4. The van der Waals surface area contributed by atoms with Gasteiger partial charge in [0.05, 0.1) is 39.4 Å². The SMILES string of the molecule is Nc1cccc2c1c(F)nn2CCF.O=[N+]([O-])c1cccc2c1c(F)nn2CCF.O=[N+]([O-])c1cccc2n[nH]c(F)c12. The molecule has 0 aliphatic rings. The molecule has 3 aromatic carbocycles. The van der Waals surface area contributed by atoms with Crippen molar-refractivity contribution in [3.8, 4) is 0 Å². The van der Waals surface area contributed by atoms with Gasteiger partial charge < -0.3 is 5.73 Å². The summed E-state index contributed by atoms with van der Waals surface area (Å²) in [5.41, 5.74) is 6.28. The minimum atomic E-state index is -0.948. The molecule has 0 fully saturated rings. The number of rotatable bonds is 6. The van der Waals surface area contributed by atoms with E-state index in [-0.39, 0.29) is 51.7 Å². The Kier molecular flexibility index (Phi) is 9.07. The van der Waals surface area contributed by atoms with Crippen LogP contribution in [0.5, 0.6) is 0 Å².